The molecule has 3 aromatic rings. The molecule has 0 aliphatic carbocycles. The predicted molar refractivity (Wildman–Crippen MR) is 112 cm³/mol. The molecule has 0 aliphatic rings. The maximum Gasteiger partial charge on any atom is 0.417 e. The highest BCUT2D eigenvalue weighted by Gasteiger charge is 2.34. The number of methoxy groups -OCH3 is 2. The molecule has 0 radical (unpaired) electrons. The fraction of sp³-hybridized carbons (Fsp3) is 0.125. The van der Waals surface area contributed by atoms with Gasteiger partial charge in [0.15, 0.2) is 0 Å². The lowest BCUT2D eigenvalue weighted by Crippen LogP contribution is -2.06. The van der Waals surface area contributed by atoms with Crippen molar-refractivity contribution in [3.05, 3.63) is 89.4 Å². The van der Waals surface area contributed by atoms with E-state index in [2.05, 4.69) is 0 Å². The number of esters is 1. The van der Waals surface area contributed by atoms with Crippen molar-refractivity contribution in [3.8, 4) is 11.3 Å². The van der Waals surface area contributed by atoms with Crippen molar-refractivity contribution in [1.29, 1.82) is 0 Å². The van der Waals surface area contributed by atoms with Crippen LogP contribution in [0, 0.1) is 0 Å². The first-order chi connectivity index (χ1) is 14.8. The Morgan fingerprint density at radius 3 is 2.35 bits per heavy atom. The number of rotatable bonds is 6. The molecule has 0 saturated carbocycles. The number of benzene rings is 2. The molecule has 0 amide bonds. The second-order valence-electron chi connectivity index (χ2n) is 6.42. The van der Waals surface area contributed by atoms with Gasteiger partial charge in [0, 0.05) is 5.56 Å². The Kier molecular flexibility index (Phi) is 6.65. The van der Waals surface area contributed by atoms with E-state index < -0.39 is 17.7 Å². The summed E-state index contributed by atoms with van der Waals surface area (Å²) in [7, 11) is 2.69. The minimum absolute atomic E-state index is 0.0361. The Balaban J connectivity index is 1.94. The average Bonchev–Trinajstić information content (AvgIpc) is 3.24. The summed E-state index contributed by atoms with van der Waals surface area (Å²) in [6, 6.07) is 15.4. The Hall–Kier alpha value is -3.74. The molecule has 3 rings (SSSR count). The van der Waals surface area contributed by atoms with Crippen LogP contribution in [0.4, 0.5) is 13.2 Å². The lowest BCUT2D eigenvalue weighted by atomic mass is 10.00. The Bertz CT molecular complexity index is 1120. The molecule has 7 heteroatoms. The first-order valence-electron chi connectivity index (χ1n) is 9.20. The number of hydrogen-bond donors (Lipinski definition) is 0. The molecular weight excluding hydrogens is 409 g/mol. The van der Waals surface area contributed by atoms with Crippen LogP contribution in [0.25, 0.3) is 29.0 Å². The van der Waals surface area contributed by atoms with Crippen LogP contribution in [0.3, 0.4) is 0 Å². The molecule has 0 unspecified atom stereocenters. The molecular formula is C24H19F3O4. The lowest BCUT2D eigenvalue weighted by Gasteiger charge is -2.10. The van der Waals surface area contributed by atoms with Crippen molar-refractivity contribution in [1.82, 2.24) is 0 Å². The van der Waals surface area contributed by atoms with Crippen LogP contribution in [0.15, 0.2) is 71.3 Å². The number of ether oxygens (including phenoxy) is 2. The zero-order chi connectivity index (χ0) is 22.4. The molecule has 0 saturated heterocycles. The third-order valence-electron chi connectivity index (χ3n) is 4.44. The first kappa shape index (κ1) is 22.0. The van der Waals surface area contributed by atoms with E-state index in [9.17, 15) is 18.0 Å². The van der Waals surface area contributed by atoms with Gasteiger partial charge < -0.3 is 13.9 Å². The van der Waals surface area contributed by atoms with E-state index in [0.29, 0.717) is 16.9 Å². The summed E-state index contributed by atoms with van der Waals surface area (Å²) in [5.74, 6) is -0.0979. The number of furan rings is 1. The highest BCUT2D eigenvalue weighted by atomic mass is 19.4. The molecule has 0 N–H and O–H groups in total. The fourth-order valence-corrected chi connectivity index (χ4v) is 3.04. The molecule has 0 atom stereocenters. The van der Waals surface area contributed by atoms with Crippen molar-refractivity contribution in [2.45, 2.75) is 6.18 Å². The quantitative estimate of drug-likeness (QED) is 0.263. The topological polar surface area (TPSA) is 48.7 Å². The highest BCUT2D eigenvalue weighted by molar-refractivity contribution is 6.17. The number of alkyl halides is 3. The Morgan fingerprint density at radius 1 is 0.935 bits per heavy atom. The molecule has 0 aliphatic heterocycles. The van der Waals surface area contributed by atoms with Gasteiger partial charge >= 0.3 is 12.1 Å². The van der Waals surface area contributed by atoms with E-state index in [1.165, 1.54) is 44.7 Å². The first-order valence-corrected chi connectivity index (χ1v) is 9.20. The summed E-state index contributed by atoms with van der Waals surface area (Å²) in [4.78, 5) is 12.1. The number of carbonyl (C=O) groups is 1. The van der Waals surface area contributed by atoms with Crippen LogP contribution in [-0.2, 0) is 20.4 Å². The molecule has 160 valence electrons. The van der Waals surface area contributed by atoms with Gasteiger partial charge in [-0.3, -0.25) is 0 Å². The number of carbonyl (C=O) groups excluding carboxylic acids is 1. The zero-order valence-electron chi connectivity index (χ0n) is 16.8. The minimum atomic E-state index is -4.49. The summed E-state index contributed by atoms with van der Waals surface area (Å²) in [6.45, 7) is 0. The van der Waals surface area contributed by atoms with Crippen molar-refractivity contribution in [2.75, 3.05) is 14.2 Å². The number of halogens is 3. The number of hydrogen-bond acceptors (Lipinski definition) is 4. The third-order valence-corrected chi connectivity index (χ3v) is 4.44. The molecule has 1 aromatic heterocycles. The van der Waals surface area contributed by atoms with Crippen LogP contribution in [-0.4, -0.2) is 20.2 Å². The maximum absolute atomic E-state index is 13.3. The normalized spacial score (nSPS) is 12.2. The van der Waals surface area contributed by atoms with Gasteiger partial charge in [0.25, 0.3) is 0 Å². The van der Waals surface area contributed by atoms with Gasteiger partial charge in [0.05, 0.1) is 26.0 Å². The molecule has 0 fully saturated rings. The molecule has 0 bridgehead atoms. The van der Waals surface area contributed by atoms with Crippen LogP contribution in [0.1, 0.15) is 22.5 Å². The van der Waals surface area contributed by atoms with E-state index in [1.54, 1.807) is 42.5 Å². The van der Waals surface area contributed by atoms with E-state index in [4.69, 9.17) is 13.9 Å². The van der Waals surface area contributed by atoms with Crippen LogP contribution in [0.2, 0.25) is 0 Å². The van der Waals surface area contributed by atoms with Crippen molar-refractivity contribution in [3.63, 3.8) is 0 Å². The van der Waals surface area contributed by atoms with Crippen LogP contribution < -0.4 is 0 Å². The van der Waals surface area contributed by atoms with Crippen LogP contribution in [0.5, 0.6) is 0 Å². The molecule has 1 heterocycles. The second kappa shape index (κ2) is 9.38. The SMILES string of the molecule is CO/C=C(/C(=O)OC)c1ccccc1/C=C/c1ccc(-c2ccccc2C(F)(F)F)o1. The summed E-state index contributed by atoms with van der Waals surface area (Å²) in [6.07, 6.45) is 0.105. The van der Waals surface area contributed by atoms with E-state index in [1.807, 2.05) is 0 Å². The van der Waals surface area contributed by atoms with E-state index in [0.717, 1.165) is 6.07 Å². The second-order valence-corrected chi connectivity index (χ2v) is 6.42. The van der Waals surface area contributed by atoms with Gasteiger partial charge in [-0.25, -0.2) is 4.79 Å². The highest BCUT2D eigenvalue weighted by Crippen LogP contribution is 2.37. The van der Waals surface area contributed by atoms with Gasteiger partial charge in [-0.1, -0.05) is 48.5 Å². The molecule has 0 spiro atoms. The molecule has 2 aromatic carbocycles. The monoisotopic (exact) mass is 428 g/mol. The lowest BCUT2D eigenvalue weighted by molar-refractivity contribution is -0.137. The summed E-state index contributed by atoms with van der Waals surface area (Å²) >= 11 is 0. The van der Waals surface area contributed by atoms with Gasteiger partial charge in [0.1, 0.15) is 17.1 Å². The zero-order valence-corrected chi connectivity index (χ0v) is 16.8. The van der Waals surface area contributed by atoms with Gasteiger partial charge in [-0.2, -0.15) is 13.2 Å². The van der Waals surface area contributed by atoms with Gasteiger partial charge in [-0.05, 0) is 35.4 Å². The fourth-order valence-electron chi connectivity index (χ4n) is 3.04. The van der Waals surface area contributed by atoms with Crippen molar-refractivity contribution in [2.24, 2.45) is 0 Å². The standard InChI is InChI=1S/C24H19F3O4/c1-29-15-20(23(28)30-2)18-8-4-3-7-16(18)11-12-17-13-14-22(31-17)19-9-5-6-10-21(19)24(25,26)27/h3-15H,1-2H3/b12-11+,20-15+. The average molecular weight is 428 g/mol. The van der Waals surface area contributed by atoms with Crippen LogP contribution >= 0.6 is 0 Å². The molecule has 4 nitrogen and oxygen atoms in total. The van der Waals surface area contributed by atoms with Crippen molar-refractivity contribution < 1.29 is 31.9 Å². The largest absolute Gasteiger partial charge is 0.503 e. The summed E-state index contributed by atoms with van der Waals surface area (Å²) in [5, 5.41) is 0. The summed E-state index contributed by atoms with van der Waals surface area (Å²) < 4.78 is 55.3. The van der Waals surface area contributed by atoms with E-state index in [-0.39, 0.29) is 16.9 Å². The summed E-state index contributed by atoms with van der Waals surface area (Å²) in [5.41, 5.74) is 0.666. The third kappa shape index (κ3) is 5.06. The Morgan fingerprint density at radius 2 is 1.65 bits per heavy atom. The minimum Gasteiger partial charge on any atom is -0.503 e. The maximum atomic E-state index is 13.3. The van der Waals surface area contributed by atoms with Crippen molar-refractivity contribution >= 4 is 23.7 Å². The smallest absolute Gasteiger partial charge is 0.417 e. The van der Waals surface area contributed by atoms with E-state index >= 15 is 0 Å². The predicted octanol–water partition coefficient (Wildman–Crippen LogP) is 6.30. The Labute approximate surface area is 177 Å². The molecule has 31 heavy (non-hydrogen) atoms. The van der Waals surface area contributed by atoms with Gasteiger partial charge in [0.2, 0.25) is 0 Å². The van der Waals surface area contributed by atoms with Gasteiger partial charge in [-0.15, -0.1) is 0 Å².